The molecule has 0 bridgehead atoms. The molecule has 0 saturated carbocycles. The smallest absolute Gasteiger partial charge is 0.194 e. The van der Waals surface area contributed by atoms with Crippen molar-refractivity contribution in [2.24, 2.45) is 0 Å². The van der Waals surface area contributed by atoms with E-state index in [1.165, 1.54) is 0 Å². The number of anilines is 1. The van der Waals surface area contributed by atoms with E-state index in [1.807, 2.05) is 13.8 Å². The van der Waals surface area contributed by atoms with E-state index in [0.717, 1.165) is 12.1 Å². The summed E-state index contributed by atoms with van der Waals surface area (Å²) in [5.74, 6) is -2.84. The first-order valence-electron chi connectivity index (χ1n) is 6.14. The third kappa shape index (κ3) is 2.74. The Balaban J connectivity index is 2.60. The SMILES string of the molecule is CNc1cc(-c2cc(F)c(F)c(F)c2)nc(C(C)C)n1. The molecule has 2 aromatic rings. The van der Waals surface area contributed by atoms with Gasteiger partial charge in [0.25, 0.3) is 0 Å². The minimum Gasteiger partial charge on any atom is -0.373 e. The molecule has 1 N–H and O–H groups in total. The van der Waals surface area contributed by atoms with Crippen LogP contribution in [0.3, 0.4) is 0 Å². The van der Waals surface area contributed by atoms with E-state index in [4.69, 9.17) is 0 Å². The van der Waals surface area contributed by atoms with Gasteiger partial charge in [0.1, 0.15) is 11.6 Å². The zero-order valence-corrected chi connectivity index (χ0v) is 11.3. The van der Waals surface area contributed by atoms with Crippen molar-refractivity contribution < 1.29 is 13.2 Å². The summed E-state index contributed by atoms with van der Waals surface area (Å²) in [6.07, 6.45) is 0. The number of nitrogens with zero attached hydrogens (tertiary/aromatic N) is 2. The molecule has 1 aromatic heterocycles. The quantitative estimate of drug-likeness (QED) is 0.871. The van der Waals surface area contributed by atoms with Crippen LogP contribution in [0.4, 0.5) is 19.0 Å². The molecule has 0 aliphatic carbocycles. The molecule has 1 heterocycles. The summed E-state index contributed by atoms with van der Waals surface area (Å²) in [7, 11) is 1.68. The molecule has 0 amide bonds. The van der Waals surface area contributed by atoms with E-state index < -0.39 is 17.5 Å². The standard InChI is InChI=1S/C14H14F3N3/c1-7(2)14-19-11(6-12(18-3)20-14)8-4-9(15)13(17)10(16)5-8/h4-7H,1-3H3,(H,18,19,20). The topological polar surface area (TPSA) is 37.8 Å². The summed E-state index contributed by atoms with van der Waals surface area (Å²) in [4.78, 5) is 8.51. The van der Waals surface area contributed by atoms with Crippen molar-refractivity contribution in [1.29, 1.82) is 0 Å². The van der Waals surface area contributed by atoms with Crippen molar-refractivity contribution in [3.05, 3.63) is 41.5 Å². The zero-order valence-electron chi connectivity index (χ0n) is 11.3. The van der Waals surface area contributed by atoms with E-state index in [2.05, 4.69) is 15.3 Å². The van der Waals surface area contributed by atoms with Crippen molar-refractivity contribution >= 4 is 5.82 Å². The molecule has 0 saturated heterocycles. The maximum atomic E-state index is 13.3. The lowest BCUT2D eigenvalue weighted by Crippen LogP contribution is -2.04. The zero-order chi connectivity index (χ0) is 14.9. The Morgan fingerprint density at radius 2 is 1.60 bits per heavy atom. The highest BCUT2D eigenvalue weighted by atomic mass is 19.2. The van der Waals surface area contributed by atoms with Gasteiger partial charge in [-0.05, 0) is 12.1 Å². The van der Waals surface area contributed by atoms with Crippen LogP contribution in [0.5, 0.6) is 0 Å². The lowest BCUT2D eigenvalue weighted by atomic mass is 10.1. The molecule has 20 heavy (non-hydrogen) atoms. The summed E-state index contributed by atoms with van der Waals surface area (Å²) in [5.41, 5.74) is 0.507. The average Bonchev–Trinajstić information content (AvgIpc) is 2.43. The number of aromatic nitrogens is 2. The monoisotopic (exact) mass is 281 g/mol. The van der Waals surface area contributed by atoms with Crippen molar-refractivity contribution in [3.8, 4) is 11.3 Å². The lowest BCUT2D eigenvalue weighted by Gasteiger charge is -2.10. The minimum atomic E-state index is -1.49. The van der Waals surface area contributed by atoms with E-state index in [1.54, 1.807) is 13.1 Å². The van der Waals surface area contributed by atoms with Crippen LogP contribution >= 0.6 is 0 Å². The van der Waals surface area contributed by atoms with Crippen LogP contribution < -0.4 is 5.32 Å². The predicted molar refractivity (Wildman–Crippen MR) is 71.0 cm³/mol. The Labute approximate surface area is 114 Å². The molecular formula is C14H14F3N3. The summed E-state index contributed by atoms with van der Waals surface area (Å²) in [6, 6.07) is 3.40. The van der Waals surface area contributed by atoms with E-state index >= 15 is 0 Å². The molecule has 0 fully saturated rings. The summed E-state index contributed by atoms with van der Waals surface area (Å²) in [6.45, 7) is 3.81. The number of nitrogens with one attached hydrogen (secondary N) is 1. The van der Waals surface area contributed by atoms with Crippen LogP contribution in [0.15, 0.2) is 18.2 Å². The fourth-order valence-corrected chi connectivity index (χ4v) is 1.70. The first-order valence-corrected chi connectivity index (χ1v) is 6.14. The van der Waals surface area contributed by atoms with Gasteiger partial charge in [-0.3, -0.25) is 0 Å². The molecule has 0 unspecified atom stereocenters. The molecule has 2 rings (SSSR count). The second kappa shape index (κ2) is 5.48. The molecule has 0 radical (unpaired) electrons. The summed E-state index contributed by atoms with van der Waals surface area (Å²) in [5, 5.41) is 2.86. The number of halogens is 3. The van der Waals surface area contributed by atoms with Crippen LogP contribution in [-0.2, 0) is 0 Å². The first-order chi connectivity index (χ1) is 9.42. The summed E-state index contributed by atoms with van der Waals surface area (Å²) < 4.78 is 39.6. The molecule has 0 atom stereocenters. The van der Waals surface area contributed by atoms with Crippen LogP contribution in [0.25, 0.3) is 11.3 Å². The van der Waals surface area contributed by atoms with Gasteiger partial charge in [0.2, 0.25) is 0 Å². The molecule has 0 spiro atoms. The fraction of sp³-hybridized carbons (Fsp3) is 0.286. The van der Waals surface area contributed by atoms with Crippen LogP contribution in [0.2, 0.25) is 0 Å². The van der Waals surface area contributed by atoms with Gasteiger partial charge in [-0.1, -0.05) is 13.8 Å². The Hall–Kier alpha value is -2.11. The van der Waals surface area contributed by atoms with E-state index in [0.29, 0.717) is 17.3 Å². The number of hydrogen-bond acceptors (Lipinski definition) is 3. The van der Waals surface area contributed by atoms with Crippen molar-refractivity contribution in [1.82, 2.24) is 9.97 Å². The Morgan fingerprint density at radius 3 is 2.10 bits per heavy atom. The highest BCUT2D eigenvalue weighted by molar-refractivity contribution is 5.62. The molecule has 1 aromatic carbocycles. The Bertz CT molecular complexity index is 619. The van der Waals surface area contributed by atoms with Crippen molar-refractivity contribution in [2.75, 3.05) is 12.4 Å². The second-order valence-corrected chi connectivity index (χ2v) is 4.66. The highest BCUT2D eigenvalue weighted by Gasteiger charge is 2.14. The van der Waals surface area contributed by atoms with Crippen molar-refractivity contribution in [2.45, 2.75) is 19.8 Å². The van der Waals surface area contributed by atoms with Crippen LogP contribution in [0, 0.1) is 17.5 Å². The van der Waals surface area contributed by atoms with Crippen LogP contribution in [-0.4, -0.2) is 17.0 Å². The van der Waals surface area contributed by atoms with Gasteiger partial charge >= 0.3 is 0 Å². The summed E-state index contributed by atoms with van der Waals surface area (Å²) >= 11 is 0. The van der Waals surface area contributed by atoms with Gasteiger partial charge in [-0.2, -0.15) is 0 Å². The van der Waals surface area contributed by atoms with Crippen LogP contribution in [0.1, 0.15) is 25.6 Å². The molecule has 0 aliphatic heterocycles. The number of rotatable bonds is 3. The maximum Gasteiger partial charge on any atom is 0.194 e. The lowest BCUT2D eigenvalue weighted by molar-refractivity contribution is 0.447. The minimum absolute atomic E-state index is 0.0530. The van der Waals surface area contributed by atoms with Crippen molar-refractivity contribution in [3.63, 3.8) is 0 Å². The number of benzene rings is 1. The third-order valence-corrected chi connectivity index (χ3v) is 2.80. The van der Waals surface area contributed by atoms with E-state index in [9.17, 15) is 13.2 Å². The second-order valence-electron chi connectivity index (χ2n) is 4.66. The van der Waals surface area contributed by atoms with Gasteiger partial charge in [-0.25, -0.2) is 23.1 Å². The largest absolute Gasteiger partial charge is 0.373 e. The average molecular weight is 281 g/mol. The maximum absolute atomic E-state index is 13.3. The molecule has 6 heteroatoms. The first kappa shape index (κ1) is 14.3. The van der Waals surface area contributed by atoms with Gasteiger partial charge < -0.3 is 5.32 Å². The Morgan fingerprint density at radius 1 is 1.00 bits per heavy atom. The fourth-order valence-electron chi connectivity index (χ4n) is 1.70. The van der Waals surface area contributed by atoms with Gasteiger partial charge in [0.05, 0.1) is 5.69 Å². The molecular weight excluding hydrogens is 267 g/mol. The normalized spacial score (nSPS) is 10.9. The van der Waals surface area contributed by atoms with Gasteiger partial charge in [0, 0.05) is 24.6 Å². The van der Waals surface area contributed by atoms with Gasteiger partial charge in [-0.15, -0.1) is 0 Å². The Kier molecular flexibility index (Phi) is 3.92. The van der Waals surface area contributed by atoms with E-state index in [-0.39, 0.29) is 11.5 Å². The number of hydrogen-bond donors (Lipinski definition) is 1. The molecule has 3 nitrogen and oxygen atoms in total. The van der Waals surface area contributed by atoms with Gasteiger partial charge in [0.15, 0.2) is 17.5 Å². The molecule has 106 valence electrons. The predicted octanol–water partition coefficient (Wildman–Crippen LogP) is 3.73. The third-order valence-electron chi connectivity index (χ3n) is 2.80. The molecule has 0 aliphatic rings. The highest BCUT2D eigenvalue weighted by Crippen LogP contribution is 2.25.